The Bertz CT molecular complexity index is 433. The predicted molar refractivity (Wildman–Crippen MR) is 60.5 cm³/mol. The maximum atomic E-state index is 11.1. The summed E-state index contributed by atoms with van der Waals surface area (Å²) in [6.07, 6.45) is 0.963. The molecule has 3 unspecified atom stereocenters. The van der Waals surface area contributed by atoms with Crippen LogP contribution >= 0.6 is 0 Å². The van der Waals surface area contributed by atoms with Crippen LogP contribution in [0.15, 0.2) is 24.3 Å². The number of benzene rings is 1. The fraction of sp³-hybridized carbons (Fsp3) is 0.417. The highest BCUT2D eigenvalue weighted by molar-refractivity contribution is 5.76. The van der Waals surface area contributed by atoms with Crippen molar-refractivity contribution in [1.82, 2.24) is 5.32 Å². The number of hydrogen-bond donors (Lipinski definition) is 3. The van der Waals surface area contributed by atoms with Gasteiger partial charge in [0.25, 0.3) is 0 Å². The highest BCUT2D eigenvalue weighted by Crippen LogP contribution is 2.32. The molecule has 84 valence electrons. The first-order valence-corrected chi connectivity index (χ1v) is 5.56. The van der Waals surface area contributed by atoms with Gasteiger partial charge in [0.05, 0.1) is 6.04 Å². The number of anilines is 1. The van der Waals surface area contributed by atoms with Crippen LogP contribution < -0.4 is 10.6 Å². The van der Waals surface area contributed by atoms with Crippen LogP contribution in [-0.2, 0) is 11.2 Å². The van der Waals surface area contributed by atoms with Gasteiger partial charge in [0.2, 0.25) is 0 Å². The molecule has 16 heavy (non-hydrogen) atoms. The molecule has 3 rings (SSSR count). The van der Waals surface area contributed by atoms with E-state index in [9.17, 15) is 4.79 Å². The number of carboxylic acid groups (broad SMARTS) is 1. The molecule has 4 heteroatoms. The van der Waals surface area contributed by atoms with Crippen LogP contribution in [0, 0.1) is 5.92 Å². The van der Waals surface area contributed by atoms with Crippen LogP contribution in [0.2, 0.25) is 0 Å². The topological polar surface area (TPSA) is 61.4 Å². The number of aliphatic carboxylic acids is 1. The average Bonchev–Trinajstić information content (AvgIpc) is 2.68. The number of hydrogen-bond acceptors (Lipinski definition) is 3. The largest absolute Gasteiger partial charge is 0.480 e. The molecule has 1 aromatic rings. The van der Waals surface area contributed by atoms with Gasteiger partial charge in [-0.2, -0.15) is 0 Å². The van der Waals surface area contributed by atoms with E-state index in [1.807, 2.05) is 18.2 Å². The van der Waals surface area contributed by atoms with Crippen molar-refractivity contribution in [1.29, 1.82) is 0 Å². The molecule has 0 aromatic heterocycles. The molecular formula is C12H14N2O2. The van der Waals surface area contributed by atoms with Crippen molar-refractivity contribution in [2.45, 2.75) is 18.5 Å². The average molecular weight is 218 g/mol. The number of para-hydroxylation sites is 1. The lowest BCUT2D eigenvalue weighted by Gasteiger charge is -2.30. The highest BCUT2D eigenvalue weighted by atomic mass is 16.4. The van der Waals surface area contributed by atoms with Crippen molar-refractivity contribution in [3.63, 3.8) is 0 Å². The van der Waals surface area contributed by atoms with E-state index in [1.165, 1.54) is 5.56 Å². The third-order valence-corrected chi connectivity index (χ3v) is 3.55. The second-order valence-electron chi connectivity index (χ2n) is 4.52. The Balaban J connectivity index is 1.91. The van der Waals surface area contributed by atoms with E-state index in [0.717, 1.165) is 18.7 Å². The minimum Gasteiger partial charge on any atom is -0.480 e. The first-order chi connectivity index (χ1) is 7.75. The van der Waals surface area contributed by atoms with Crippen LogP contribution in [0.25, 0.3) is 0 Å². The minimum absolute atomic E-state index is 0.0207. The zero-order valence-electron chi connectivity index (χ0n) is 8.81. The maximum absolute atomic E-state index is 11.1. The number of carbonyl (C=O) groups is 1. The summed E-state index contributed by atoms with van der Waals surface area (Å²) in [4.78, 5) is 11.1. The van der Waals surface area contributed by atoms with Gasteiger partial charge in [-0.25, -0.2) is 0 Å². The zero-order valence-corrected chi connectivity index (χ0v) is 8.81. The third kappa shape index (κ3) is 1.38. The Kier molecular flexibility index (Phi) is 2.11. The van der Waals surface area contributed by atoms with Crippen molar-refractivity contribution >= 4 is 11.7 Å². The van der Waals surface area contributed by atoms with Crippen molar-refractivity contribution in [2.24, 2.45) is 5.92 Å². The van der Waals surface area contributed by atoms with Crippen LogP contribution in [0.1, 0.15) is 5.56 Å². The standard InChI is InChI=1S/C12H14N2O2/c15-12(16)11-10-8(6-13-11)5-7-3-1-2-4-9(7)14-10/h1-4,8,10-11,13-14H,5-6H2,(H,15,16). The molecule has 2 aliphatic heterocycles. The van der Waals surface area contributed by atoms with Gasteiger partial charge in [0.15, 0.2) is 0 Å². The van der Waals surface area contributed by atoms with Crippen LogP contribution in [-0.4, -0.2) is 29.7 Å². The predicted octanol–water partition coefficient (Wildman–Crippen LogP) is 0.696. The quantitative estimate of drug-likeness (QED) is 0.649. The van der Waals surface area contributed by atoms with Gasteiger partial charge in [-0.05, 0) is 24.0 Å². The molecule has 3 N–H and O–H groups in total. The molecule has 2 heterocycles. The Labute approximate surface area is 93.7 Å². The number of nitrogens with one attached hydrogen (secondary N) is 2. The Morgan fingerprint density at radius 1 is 1.38 bits per heavy atom. The fourth-order valence-electron chi connectivity index (χ4n) is 2.75. The molecular weight excluding hydrogens is 204 g/mol. The van der Waals surface area contributed by atoms with E-state index in [4.69, 9.17) is 5.11 Å². The number of carboxylic acids is 1. The van der Waals surface area contributed by atoms with Crippen molar-refractivity contribution in [3.8, 4) is 0 Å². The van der Waals surface area contributed by atoms with Crippen molar-refractivity contribution in [3.05, 3.63) is 29.8 Å². The Morgan fingerprint density at radius 2 is 2.19 bits per heavy atom. The molecule has 0 saturated carbocycles. The van der Waals surface area contributed by atoms with Crippen molar-refractivity contribution in [2.75, 3.05) is 11.9 Å². The summed E-state index contributed by atoms with van der Waals surface area (Å²) >= 11 is 0. The maximum Gasteiger partial charge on any atom is 0.322 e. The SMILES string of the molecule is O=C(O)C1NCC2Cc3ccccc3NC21. The fourth-order valence-corrected chi connectivity index (χ4v) is 2.75. The molecule has 0 amide bonds. The van der Waals surface area contributed by atoms with Crippen molar-refractivity contribution < 1.29 is 9.90 Å². The van der Waals surface area contributed by atoms with Gasteiger partial charge < -0.3 is 15.7 Å². The zero-order chi connectivity index (χ0) is 11.1. The molecule has 0 spiro atoms. The molecule has 0 bridgehead atoms. The summed E-state index contributed by atoms with van der Waals surface area (Å²) < 4.78 is 0. The normalized spacial score (nSPS) is 31.4. The summed E-state index contributed by atoms with van der Waals surface area (Å²) in [5.74, 6) is -0.379. The summed E-state index contributed by atoms with van der Waals surface area (Å²) in [6, 6.07) is 7.68. The van der Waals surface area contributed by atoms with Crippen LogP contribution in [0.5, 0.6) is 0 Å². The molecule has 2 aliphatic rings. The minimum atomic E-state index is -0.764. The summed E-state index contributed by atoms with van der Waals surface area (Å²) in [5.41, 5.74) is 2.37. The number of rotatable bonds is 1. The molecule has 1 fully saturated rings. The van der Waals surface area contributed by atoms with Gasteiger partial charge in [-0.1, -0.05) is 18.2 Å². The molecule has 0 radical (unpaired) electrons. The summed E-state index contributed by atoms with van der Waals surface area (Å²) in [5, 5.41) is 15.5. The second kappa shape index (κ2) is 3.49. The van der Waals surface area contributed by atoms with E-state index in [-0.39, 0.29) is 6.04 Å². The smallest absolute Gasteiger partial charge is 0.322 e. The van der Waals surface area contributed by atoms with E-state index >= 15 is 0 Å². The highest BCUT2D eigenvalue weighted by Gasteiger charge is 2.42. The van der Waals surface area contributed by atoms with Gasteiger partial charge in [0, 0.05) is 12.2 Å². The lowest BCUT2D eigenvalue weighted by molar-refractivity contribution is -0.139. The molecule has 1 aromatic carbocycles. The Morgan fingerprint density at radius 3 is 3.00 bits per heavy atom. The van der Waals surface area contributed by atoms with Gasteiger partial charge in [-0.3, -0.25) is 4.79 Å². The second-order valence-corrected chi connectivity index (χ2v) is 4.52. The van der Waals surface area contributed by atoms with E-state index in [2.05, 4.69) is 16.7 Å². The summed E-state index contributed by atoms with van der Waals surface area (Å²) in [7, 11) is 0. The molecule has 4 nitrogen and oxygen atoms in total. The van der Waals surface area contributed by atoms with E-state index in [1.54, 1.807) is 0 Å². The first kappa shape index (κ1) is 9.66. The van der Waals surface area contributed by atoms with Gasteiger partial charge >= 0.3 is 5.97 Å². The monoisotopic (exact) mass is 218 g/mol. The lowest BCUT2D eigenvalue weighted by atomic mass is 9.87. The van der Waals surface area contributed by atoms with Gasteiger partial charge in [-0.15, -0.1) is 0 Å². The van der Waals surface area contributed by atoms with Crippen LogP contribution in [0.3, 0.4) is 0 Å². The van der Waals surface area contributed by atoms with E-state index in [0.29, 0.717) is 5.92 Å². The summed E-state index contributed by atoms with van der Waals surface area (Å²) in [6.45, 7) is 0.781. The van der Waals surface area contributed by atoms with E-state index < -0.39 is 12.0 Å². The number of fused-ring (bicyclic) bond motifs is 2. The molecule has 3 atom stereocenters. The third-order valence-electron chi connectivity index (χ3n) is 3.55. The van der Waals surface area contributed by atoms with Crippen LogP contribution in [0.4, 0.5) is 5.69 Å². The Hall–Kier alpha value is -1.55. The first-order valence-electron chi connectivity index (χ1n) is 5.56. The molecule has 0 aliphatic carbocycles. The van der Waals surface area contributed by atoms with Gasteiger partial charge in [0.1, 0.15) is 6.04 Å². The lowest BCUT2D eigenvalue weighted by Crippen LogP contribution is -2.45. The molecule has 1 saturated heterocycles.